The zero-order chi connectivity index (χ0) is 13.0. The molecule has 1 aliphatic rings. The highest BCUT2D eigenvalue weighted by atomic mass is 16.3. The minimum atomic E-state index is -0.213. The lowest BCUT2D eigenvalue weighted by Crippen LogP contribution is -2.35. The van der Waals surface area contributed by atoms with Gasteiger partial charge in [-0.25, -0.2) is 0 Å². The van der Waals surface area contributed by atoms with Crippen molar-refractivity contribution in [3.63, 3.8) is 0 Å². The van der Waals surface area contributed by atoms with Gasteiger partial charge in [-0.15, -0.1) is 0 Å². The summed E-state index contributed by atoms with van der Waals surface area (Å²) in [7, 11) is 1.82. The first-order chi connectivity index (χ1) is 8.66. The molecule has 4 heteroatoms. The Morgan fingerprint density at radius 2 is 2.11 bits per heavy atom. The molecule has 1 fully saturated rings. The molecule has 1 heterocycles. The van der Waals surface area contributed by atoms with Gasteiger partial charge in [-0.2, -0.15) is 0 Å². The number of rotatable bonds is 3. The van der Waals surface area contributed by atoms with Crippen LogP contribution in [0.3, 0.4) is 0 Å². The van der Waals surface area contributed by atoms with E-state index in [1.165, 1.54) is 0 Å². The van der Waals surface area contributed by atoms with Crippen LogP contribution < -0.4 is 0 Å². The number of carbonyl (C=O) groups is 1. The Kier molecular flexibility index (Phi) is 4.31. The molecule has 0 spiro atoms. The van der Waals surface area contributed by atoms with E-state index < -0.39 is 0 Å². The number of aromatic nitrogens is 1. The van der Waals surface area contributed by atoms with E-state index in [0.29, 0.717) is 6.54 Å². The maximum absolute atomic E-state index is 12.2. The molecule has 1 aromatic heterocycles. The molecule has 1 aromatic rings. The van der Waals surface area contributed by atoms with Crippen molar-refractivity contribution in [3.05, 3.63) is 30.1 Å². The Morgan fingerprint density at radius 3 is 2.72 bits per heavy atom. The van der Waals surface area contributed by atoms with Crippen molar-refractivity contribution in [3.8, 4) is 0 Å². The van der Waals surface area contributed by atoms with Crippen LogP contribution in [-0.2, 0) is 11.3 Å². The van der Waals surface area contributed by atoms with E-state index in [2.05, 4.69) is 4.98 Å². The van der Waals surface area contributed by atoms with E-state index in [9.17, 15) is 9.90 Å². The first-order valence-corrected chi connectivity index (χ1v) is 6.50. The summed E-state index contributed by atoms with van der Waals surface area (Å²) in [5, 5.41) is 9.45. The van der Waals surface area contributed by atoms with Crippen LogP contribution >= 0.6 is 0 Å². The van der Waals surface area contributed by atoms with Crippen LogP contribution in [0.25, 0.3) is 0 Å². The Labute approximate surface area is 108 Å². The van der Waals surface area contributed by atoms with Crippen LogP contribution in [-0.4, -0.2) is 34.0 Å². The average Bonchev–Trinajstić information content (AvgIpc) is 2.40. The molecule has 0 bridgehead atoms. The summed E-state index contributed by atoms with van der Waals surface area (Å²) < 4.78 is 0. The Morgan fingerprint density at radius 1 is 1.39 bits per heavy atom. The zero-order valence-corrected chi connectivity index (χ0v) is 10.7. The largest absolute Gasteiger partial charge is 0.393 e. The standard InChI is InChI=1S/C14H20N2O2/c1-16(10-12-4-2-3-9-15-12)14(18)11-5-7-13(17)8-6-11/h2-4,9,11,13,17H,5-8,10H2,1H3. The van der Waals surface area contributed by atoms with Crippen LogP contribution in [0, 0.1) is 5.92 Å². The summed E-state index contributed by atoms with van der Waals surface area (Å²) in [6, 6.07) is 5.72. The highest BCUT2D eigenvalue weighted by Gasteiger charge is 2.27. The van der Waals surface area contributed by atoms with Gasteiger partial charge in [-0.05, 0) is 37.8 Å². The van der Waals surface area contributed by atoms with Crippen molar-refractivity contribution in [1.29, 1.82) is 0 Å². The van der Waals surface area contributed by atoms with Gasteiger partial charge in [0, 0.05) is 19.2 Å². The highest BCUT2D eigenvalue weighted by molar-refractivity contribution is 5.78. The molecule has 1 N–H and O–H groups in total. The van der Waals surface area contributed by atoms with Crippen LogP contribution in [0.4, 0.5) is 0 Å². The van der Waals surface area contributed by atoms with Gasteiger partial charge in [-0.1, -0.05) is 6.07 Å². The maximum atomic E-state index is 12.2. The number of hydrogen-bond acceptors (Lipinski definition) is 3. The van der Waals surface area contributed by atoms with Gasteiger partial charge >= 0.3 is 0 Å². The van der Waals surface area contributed by atoms with Crippen molar-refractivity contribution >= 4 is 5.91 Å². The SMILES string of the molecule is CN(Cc1ccccn1)C(=O)C1CCC(O)CC1. The molecule has 0 radical (unpaired) electrons. The van der Waals surface area contributed by atoms with Gasteiger partial charge in [0.05, 0.1) is 18.3 Å². The number of pyridine rings is 1. The maximum Gasteiger partial charge on any atom is 0.225 e. The predicted octanol–water partition coefficient (Wildman–Crippen LogP) is 1.59. The summed E-state index contributed by atoms with van der Waals surface area (Å²) in [4.78, 5) is 18.2. The van der Waals surface area contributed by atoms with Crippen LogP contribution in [0.1, 0.15) is 31.4 Å². The second-order valence-corrected chi connectivity index (χ2v) is 5.02. The molecular weight excluding hydrogens is 228 g/mol. The number of nitrogens with zero attached hydrogens (tertiary/aromatic N) is 2. The lowest BCUT2D eigenvalue weighted by atomic mass is 9.86. The summed E-state index contributed by atoms with van der Waals surface area (Å²) in [5.41, 5.74) is 0.907. The quantitative estimate of drug-likeness (QED) is 0.883. The molecule has 2 rings (SSSR count). The number of aliphatic hydroxyl groups excluding tert-OH is 1. The normalized spacial score (nSPS) is 23.7. The molecule has 1 saturated carbocycles. The first kappa shape index (κ1) is 13.0. The van der Waals surface area contributed by atoms with Gasteiger partial charge in [-0.3, -0.25) is 9.78 Å². The van der Waals surface area contributed by atoms with Crippen molar-refractivity contribution < 1.29 is 9.90 Å². The molecular formula is C14H20N2O2. The van der Waals surface area contributed by atoms with Gasteiger partial charge in [0.2, 0.25) is 5.91 Å². The fourth-order valence-electron chi connectivity index (χ4n) is 2.45. The summed E-state index contributed by atoms with van der Waals surface area (Å²) in [6.45, 7) is 0.554. The number of aliphatic hydroxyl groups is 1. The number of hydrogen-bond donors (Lipinski definition) is 1. The minimum Gasteiger partial charge on any atom is -0.393 e. The molecule has 0 aliphatic heterocycles. The smallest absolute Gasteiger partial charge is 0.225 e. The molecule has 0 saturated heterocycles. The number of carbonyl (C=O) groups excluding carboxylic acids is 1. The van der Waals surface area contributed by atoms with E-state index in [1.54, 1.807) is 11.1 Å². The molecule has 18 heavy (non-hydrogen) atoms. The molecule has 1 amide bonds. The highest BCUT2D eigenvalue weighted by Crippen LogP contribution is 2.25. The second-order valence-electron chi connectivity index (χ2n) is 5.02. The summed E-state index contributed by atoms with van der Waals surface area (Å²) >= 11 is 0. The fraction of sp³-hybridized carbons (Fsp3) is 0.571. The van der Waals surface area contributed by atoms with E-state index in [1.807, 2.05) is 25.2 Å². The third-order valence-corrected chi connectivity index (χ3v) is 3.55. The van der Waals surface area contributed by atoms with E-state index in [0.717, 1.165) is 31.4 Å². The molecule has 0 atom stereocenters. The third kappa shape index (κ3) is 3.29. The first-order valence-electron chi connectivity index (χ1n) is 6.50. The molecule has 1 aliphatic carbocycles. The Bertz CT molecular complexity index is 386. The predicted molar refractivity (Wildman–Crippen MR) is 68.7 cm³/mol. The average molecular weight is 248 g/mol. The lowest BCUT2D eigenvalue weighted by molar-refractivity contribution is -0.136. The molecule has 4 nitrogen and oxygen atoms in total. The van der Waals surface area contributed by atoms with Crippen molar-refractivity contribution in [2.75, 3.05) is 7.05 Å². The van der Waals surface area contributed by atoms with Gasteiger partial charge < -0.3 is 10.0 Å². The lowest BCUT2D eigenvalue weighted by Gasteiger charge is -2.28. The number of amides is 1. The summed E-state index contributed by atoms with van der Waals surface area (Å²) in [6.07, 6.45) is 4.61. The topological polar surface area (TPSA) is 53.4 Å². The van der Waals surface area contributed by atoms with Crippen molar-refractivity contribution in [2.45, 2.75) is 38.3 Å². The van der Waals surface area contributed by atoms with Gasteiger partial charge in [0.15, 0.2) is 0 Å². The van der Waals surface area contributed by atoms with E-state index >= 15 is 0 Å². The van der Waals surface area contributed by atoms with Crippen molar-refractivity contribution in [1.82, 2.24) is 9.88 Å². The zero-order valence-electron chi connectivity index (χ0n) is 10.7. The third-order valence-electron chi connectivity index (χ3n) is 3.55. The summed E-state index contributed by atoms with van der Waals surface area (Å²) in [5.74, 6) is 0.245. The second kappa shape index (κ2) is 5.96. The Hall–Kier alpha value is -1.42. The van der Waals surface area contributed by atoms with Gasteiger partial charge in [0.1, 0.15) is 0 Å². The molecule has 0 aromatic carbocycles. The monoisotopic (exact) mass is 248 g/mol. The van der Waals surface area contributed by atoms with E-state index in [-0.39, 0.29) is 17.9 Å². The van der Waals surface area contributed by atoms with Gasteiger partial charge in [0.25, 0.3) is 0 Å². The van der Waals surface area contributed by atoms with E-state index in [4.69, 9.17) is 0 Å². The fourth-order valence-corrected chi connectivity index (χ4v) is 2.45. The van der Waals surface area contributed by atoms with Crippen LogP contribution in [0.2, 0.25) is 0 Å². The van der Waals surface area contributed by atoms with Crippen molar-refractivity contribution in [2.24, 2.45) is 5.92 Å². The Balaban J connectivity index is 1.89. The molecule has 98 valence electrons. The van der Waals surface area contributed by atoms with Crippen LogP contribution in [0.15, 0.2) is 24.4 Å². The van der Waals surface area contributed by atoms with Crippen LogP contribution in [0.5, 0.6) is 0 Å². The molecule has 0 unspecified atom stereocenters. The minimum absolute atomic E-state index is 0.0714.